The molecule has 0 saturated heterocycles. The van der Waals surface area contributed by atoms with E-state index in [9.17, 15) is 9.59 Å². The molecular weight excluding hydrogens is 442 g/mol. The number of imidazole rings is 1. The van der Waals surface area contributed by atoms with Crippen LogP contribution in [0.15, 0.2) is 71.0 Å². The summed E-state index contributed by atoms with van der Waals surface area (Å²) in [5.74, 6) is -0.482. The summed E-state index contributed by atoms with van der Waals surface area (Å²) in [5, 5.41) is 9.57. The van der Waals surface area contributed by atoms with Crippen molar-refractivity contribution in [3.05, 3.63) is 66.5 Å². The highest BCUT2D eigenvalue weighted by molar-refractivity contribution is 7.99. The van der Waals surface area contributed by atoms with E-state index < -0.39 is 11.9 Å². The first kappa shape index (κ1) is 22.3. The van der Waals surface area contributed by atoms with Gasteiger partial charge in [0, 0.05) is 42.3 Å². The van der Waals surface area contributed by atoms with E-state index in [4.69, 9.17) is 19.6 Å². The SMILES string of the molecule is COc1ccc(-c2cc3nccn3c(Sc3ccc(CCC(=O)O)cc3)n2)cc1OC(C)=O. The Kier molecular flexibility index (Phi) is 6.60. The molecule has 0 spiro atoms. The normalized spacial score (nSPS) is 10.8. The van der Waals surface area contributed by atoms with Gasteiger partial charge in [-0.05, 0) is 42.3 Å². The lowest BCUT2D eigenvalue weighted by molar-refractivity contribution is -0.137. The maximum absolute atomic E-state index is 11.5. The van der Waals surface area contributed by atoms with Gasteiger partial charge in [-0.25, -0.2) is 9.97 Å². The lowest BCUT2D eigenvalue weighted by Crippen LogP contribution is -2.03. The van der Waals surface area contributed by atoms with Crippen LogP contribution in [0.1, 0.15) is 18.9 Å². The molecule has 2 aromatic carbocycles. The monoisotopic (exact) mass is 463 g/mol. The van der Waals surface area contributed by atoms with Crippen LogP contribution in [-0.2, 0) is 16.0 Å². The fourth-order valence-corrected chi connectivity index (χ4v) is 4.15. The van der Waals surface area contributed by atoms with Crippen molar-refractivity contribution < 1.29 is 24.2 Å². The Hall–Kier alpha value is -3.85. The summed E-state index contributed by atoms with van der Waals surface area (Å²) in [5.41, 5.74) is 3.12. The van der Waals surface area contributed by atoms with E-state index in [0.29, 0.717) is 28.8 Å². The average molecular weight is 464 g/mol. The number of hydrogen-bond donors (Lipinski definition) is 1. The fourth-order valence-electron chi connectivity index (χ4n) is 3.27. The number of carbonyl (C=O) groups is 2. The number of rotatable bonds is 8. The minimum atomic E-state index is -0.813. The van der Waals surface area contributed by atoms with Crippen molar-refractivity contribution in [1.29, 1.82) is 0 Å². The molecule has 33 heavy (non-hydrogen) atoms. The number of carbonyl (C=O) groups excluding carboxylic acids is 1. The predicted octanol–water partition coefficient (Wildman–Crippen LogP) is 4.50. The van der Waals surface area contributed by atoms with Crippen LogP contribution in [0.2, 0.25) is 0 Å². The number of esters is 1. The average Bonchev–Trinajstić information content (AvgIpc) is 3.27. The molecule has 0 saturated carbocycles. The zero-order chi connectivity index (χ0) is 23.4. The van der Waals surface area contributed by atoms with Crippen molar-refractivity contribution in [1.82, 2.24) is 14.4 Å². The number of fused-ring (bicyclic) bond motifs is 1. The Labute approximate surface area is 194 Å². The molecule has 0 unspecified atom stereocenters. The van der Waals surface area contributed by atoms with Gasteiger partial charge >= 0.3 is 11.9 Å². The summed E-state index contributed by atoms with van der Waals surface area (Å²) < 4.78 is 12.5. The molecule has 0 bridgehead atoms. The van der Waals surface area contributed by atoms with Gasteiger partial charge in [-0.2, -0.15) is 0 Å². The molecule has 1 N–H and O–H groups in total. The number of aliphatic carboxylic acids is 1. The number of nitrogens with zero attached hydrogens (tertiary/aromatic N) is 3. The third kappa shape index (κ3) is 5.32. The molecule has 0 aliphatic rings. The quantitative estimate of drug-likeness (QED) is 0.231. The van der Waals surface area contributed by atoms with Gasteiger partial charge in [0.25, 0.3) is 0 Å². The Bertz CT molecular complexity index is 1320. The molecule has 0 atom stereocenters. The summed E-state index contributed by atoms with van der Waals surface area (Å²) in [7, 11) is 1.51. The largest absolute Gasteiger partial charge is 0.493 e. The summed E-state index contributed by atoms with van der Waals surface area (Å²) in [6, 6.07) is 14.9. The summed E-state index contributed by atoms with van der Waals surface area (Å²) in [4.78, 5) is 32.5. The highest BCUT2D eigenvalue weighted by Crippen LogP contribution is 2.34. The Morgan fingerprint density at radius 1 is 1.09 bits per heavy atom. The van der Waals surface area contributed by atoms with Crippen molar-refractivity contribution in [2.24, 2.45) is 0 Å². The molecule has 0 radical (unpaired) electrons. The Morgan fingerprint density at radius 2 is 1.88 bits per heavy atom. The minimum absolute atomic E-state index is 0.100. The van der Waals surface area contributed by atoms with Crippen LogP contribution in [0.3, 0.4) is 0 Å². The number of benzene rings is 2. The van der Waals surface area contributed by atoms with Crippen LogP contribution in [0.5, 0.6) is 11.5 Å². The smallest absolute Gasteiger partial charge is 0.308 e. The highest BCUT2D eigenvalue weighted by Gasteiger charge is 2.14. The second kappa shape index (κ2) is 9.74. The van der Waals surface area contributed by atoms with E-state index >= 15 is 0 Å². The summed E-state index contributed by atoms with van der Waals surface area (Å²) >= 11 is 1.47. The van der Waals surface area contributed by atoms with Crippen LogP contribution < -0.4 is 9.47 Å². The lowest BCUT2D eigenvalue weighted by Gasteiger charge is -2.12. The molecule has 168 valence electrons. The number of hydrogen-bond acceptors (Lipinski definition) is 7. The number of carboxylic acid groups (broad SMARTS) is 1. The number of carboxylic acids is 1. The number of aromatic nitrogens is 3. The maximum Gasteiger partial charge on any atom is 0.308 e. The van der Waals surface area contributed by atoms with Crippen molar-refractivity contribution in [3.8, 4) is 22.8 Å². The van der Waals surface area contributed by atoms with Crippen molar-refractivity contribution in [2.75, 3.05) is 7.11 Å². The van der Waals surface area contributed by atoms with Crippen LogP contribution in [0, 0.1) is 0 Å². The molecule has 0 amide bonds. The van der Waals surface area contributed by atoms with Gasteiger partial charge in [-0.15, -0.1) is 0 Å². The van der Waals surface area contributed by atoms with Crippen molar-refractivity contribution in [2.45, 2.75) is 29.8 Å². The van der Waals surface area contributed by atoms with Crippen molar-refractivity contribution >= 4 is 29.3 Å². The van der Waals surface area contributed by atoms with E-state index in [0.717, 1.165) is 21.7 Å². The molecule has 0 aliphatic heterocycles. The van der Waals surface area contributed by atoms with E-state index in [1.54, 1.807) is 18.3 Å². The van der Waals surface area contributed by atoms with Gasteiger partial charge in [0.05, 0.1) is 12.8 Å². The fraction of sp³-hybridized carbons (Fsp3) is 0.167. The standard InChI is InChI=1S/C24H21N3O5S/c1-15(28)32-21-13-17(6-9-20(21)31-2)19-14-22-25-11-12-27(22)24(26-19)33-18-7-3-16(4-8-18)5-10-23(29)30/h3-4,6-9,11-14H,5,10H2,1-2H3,(H,29,30). The first-order valence-electron chi connectivity index (χ1n) is 10.1. The number of methoxy groups -OCH3 is 1. The predicted molar refractivity (Wildman–Crippen MR) is 123 cm³/mol. The molecule has 4 aromatic rings. The van der Waals surface area contributed by atoms with E-state index in [1.807, 2.05) is 47.0 Å². The zero-order valence-corrected chi connectivity index (χ0v) is 18.8. The summed E-state index contributed by atoms with van der Waals surface area (Å²) in [6.07, 6.45) is 4.14. The second-order valence-corrected chi connectivity index (χ2v) is 8.22. The molecule has 0 fully saturated rings. The van der Waals surface area contributed by atoms with Crippen LogP contribution in [-0.4, -0.2) is 38.5 Å². The second-order valence-electron chi connectivity index (χ2n) is 7.18. The van der Waals surface area contributed by atoms with Gasteiger partial charge in [-0.1, -0.05) is 23.9 Å². The number of ether oxygens (including phenoxy) is 2. The van der Waals surface area contributed by atoms with Gasteiger partial charge in [0.15, 0.2) is 16.7 Å². The highest BCUT2D eigenvalue weighted by atomic mass is 32.2. The first-order chi connectivity index (χ1) is 15.9. The van der Waals surface area contributed by atoms with E-state index in [1.165, 1.54) is 25.8 Å². The van der Waals surface area contributed by atoms with Crippen LogP contribution in [0.4, 0.5) is 0 Å². The van der Waals surface area contributed by atoms with Crippen molar-refractivity contribution in [3.63, 3.8) is 0 Å². The zero-order valence-electron chi connectivity index (χ0n) is 18.0. The molecule has 2 heterocycles. The minimum Gasteiger partial charge on any atom is -0.493 e. The van der Waals surface area contributed by atoms with Gasteiger partial charge < -0.3 is 14.6 Å². The van der Waals surface area contributed by atoms with E-state index in [2.05, 4.69) is 4.98 Å². The molecule has 8 nitrogen and oxygen atoms in total. The third-order valence-electron chi connectivity index (χ3n) is 4.83. The van der Waals surface area contributed by atoms with E-state index in [-0.39, 0.29) is 6.42 Å². The molecule has 4 rings (SSSR count). The first-order valence-corrected chi connectivity index (χ1v) is 10.9. The molecule has 0 aliphatic carbocycles. The van der Waals surface area contributed by atoms with Gasteiger partial charge in [-0.3, -0.25) is 14.0 Å². The topological polar surface area (TPSA) is 103 Å². The van der Waals surface area contributed by atoms with Crippen LogP contribution in [0.25, 0.3) is 16.9 Å². The van der Waals surface area contributed by atoms with Crippen LogP contribution >= 0.6 is 11.8 Å². The maximum atomic E-state index is 11.5. The Balaban J connectivity index is 1.66. The molecule has 2 aromatic heterocycles. The van der Waals surface area contributed by atoms with Gasteiger partial charge in [0.1, 0.15) is 5.65 Å². The van der Waals surface area contributed by atoms with Gasteiger partial charge in [0.2, 0.25) is 0 Å². The lowest BCUT2D eigenvalue weighted by atomic mass is 10.1. The summed E-state index contributed by atoms with van der Waals surface area (Å²) in [6.45, 7) is 1.34. The number of aryl methyl sites for hydroxylation is 1. The molecular formula is C24H21N3O5S. The Morgan fingerprint density at radius 3 is 2.58 bits per heavy atom. The molecule has 9 heteroatoms. The third-order valence-corrected chi connectivity index (χ3v) is 5.81.